The van der Waals surface area contributed by atoms with Crippen LogP contribution in [0.1, 0.15) is 50.8 Å². The van der Waals surface area contributed by atoms with E-state index in [2.05, 4.69) is 10.1 Å². The molecule has 1 heterocycles. The standard InChI is InChI=1S/C19H24N2O4/c1-13(22)21-10-9-14-7-5-6-8-15(14)16(21)11-17(23)20-19(2,3)12-18(24)25-4/h5-10,16H,11-12H2,1-4H3,(H,20,23)/t16-/m0/s1. The van der Waals surface area contributed by atoms with Gasteiger partial charge in [-0.2, -0.15) is 0 Å². The minimum absolute atomic E-state index is 0.0762. The van der Waals surface area contributed by atoms with E-state index in [4.69, 9.17) is 0 Å². The number of amides is 2. The molecule has 2 amide bonds. The molecule has 1 N–H and O–H groups in total. The lowest BCUT2D eigenvalue weighted by Crippen LogP contribution is -2.46. The summed E-state index contributed by atoms with van der Waals surface area (Å²) >= 11 is 0. The van der Waals surface area contributed by atoms with E-state index < -0.39 is 5.54 Å². The Balaban J connectivity index is 2.16. The average molecular weight is 344 g/mol. The number of ether oxygens (including phenoxy) is 1. The highest BCUT2D eigenvalue weighted by molar-refractivity contribution is 5.82. The van der Waals surface area contributed by atoms with Gasteiger partial charge in [0, 0.05) is 18.7 Å². The van der Waals surface area contributed by atoms with Crippen LogP contribution in [-0.2, 0) is 19.1 Å². The highest BCUT2D eigenvalue weighted by Gasteiger charge is 2.31. The number of carbonyl (C=O) groups is 3. The molecule has 0 fully saturated rings. The predicted molar refractivity (Wildman–Crippen MR) is 94.2 cm³/mol. The number of nitrogens with one attached hydrogen (secondary N) is 1. The maximum atomic E-state index is 12.5. The fourth-order valence-corrected chi connectivity index (χ4v) is 2.99. The molecule has 6 nitrogen and oxygen atoms in total. The molecule has 0 saturated carbocycles. The van der Waals surface area contributed by atoms with Crippen LogP contribution < -0.4 is 5.32 Å². The van der Waals surface area contributed by atoms with Gasteiger partial charge < -0.3 is 15.0 Å². The molecule has 25 heavy (non-hydrogen) atoms. The Bertz CT molecular complexity index is 709. The number of nitrogens with zero attached hydrogens (tertiary/aromatic N) is 1. The van der Waals surface area contributed by atoms with E-state index in [9.17, 15) is 14.4 Å². The molecule has 134 valence electrons. The number of rotatable bonds is 5. The molecule has 0 saturated heterocycles. The van der Waals surface area contributed by atoms with Crippen LogP contribution in [-0.4, -0.2) is 35.3 Å². The predicted octanol–water partition coefficient (Wildman–Crippen LogP) is 2.41. The van der Waals surface area contributed by atoms with Crippen LogP contribution in [0.15, 0.2) is 30.5 Å². The van der Waals surface area contributed by atoms with Crippen molar-refractivity contribution in [2.24, 2.45) is 0 Å². The third kappa shape index (κ3) is 4.68. The molecule has 1 aromatic carbocycles. The van der Waals surface area contributed by atoms with Gasteiger partial charge in [0.25, 0.3) is 0 Å². The maximum absolute atomic E-state index is 12.5. The summed E-state index contributed by atoms with van der Waals surface area (Å²) in [6.45, 7) is 5.00. The highest BCUT2D eigenvalue weighted by atomic mass is 16.5. The van der Waals surface area contributed by atoms with Gasteiger partial charge in [0.1, 0.15) is 0 Å². The smallest absolute Gasteiger partial charge is 0.307 e. The Kier molecular flexibility index (Phi) is 5.62. The molecule has 0 bridgehead atoms. The number of methoxy groups -OCH3 is 1. The Morgan fingerprint density at radius 1 is 1.24 bits per heavy atom. The molecule has 2 rings (SSSR count). The van der Waals surface area contributed by atoms with E-state index in [1.54, 1.807) is 24.9 Å². The topological polar surface area (TPSA) is 75.7 Å². The number of esters is 1. The first-order chi connectivity index (χ1) is 11.7. The second-order valence-electron chi connectivity index (χ2n) is 6.78. The molecule has 1 aliphatic heterocycles. The van der Waals surface area contributed by atoms with Gasteiger partial charge in [-0.05, 0) is 31.1 Å². The van der Waals surface area contributed by atoms with Crippen LogP contribution in [0.25, 0.3) is 6.08 Å². The van der Waals surface area contributed by atoms with Crippen molar-refractivity contribution in [3.8, 4) is 0 Å². The third-order valence-electron chi connectivity index (χ3n) is 4.14. The quantitative estimate of drug-likeness (QED) is 0.832. The van der Waals surface area contributed by atoms with E-state index in [1.165, 1.54) is 14.0 Å². The van der Waals surface area contributed by atoms with Gasteiger partial charge in [-0.3, -0.25) is 14.4 Å². The van der Waals surface area contributed by atoms with Crippen LogP contribution in [0.5, 0.6) is 0 Å². The largest absolute Gasteiger partial charge is 0.469 e. The summed E-state index contributed by atoms with van der Waals surface area (Å²) in [6, 6.07) is 7.32. The highest BCUT2D eigenvalue weighted by Crippen LogP contribution is 2.32. The number of benzene rings is 1. The lowest BCUT2D eigenvalue weighted by molar-refractivity contribution is -0.142. The lowest BCUT2D eigenvalue weighted by Gasteiger charge is -2.33. The van der Waals surface area contributed by atoms with Crippen LogP contribution in [0.3, 0.4) is 0 Å². The van der Waals surface area contributed by atoms with E-state index in [1.807, 2.05) is 30.3 Å². The van der Waals surface area contributed by atoms with Crippen molar-refractivity contribution in [2.75, 3.05) is 7.11 Å². The number of fused-ring (bicyclic) bond motifs is 1. The Morgan fingerprint density at radius 2 is 1.92 bits per heavy atom. The van der Waals surface area contributed by atoms with Gasteiger partial charge >= 0.3 is 5.97 Å². The maximum Gasteiger partial charge on any atom is 0.307 e. The SMILES string of the molecule is COC(=O)CC(C)(C)NC(=O)C[C@H]1c2ccccc2C=CN1C(C)=O. The van der Waals surface area contributed by atoms with E-state index >= 15 is 0 Å². The fourth-order valence-electron chi connectivity index (χ4n) is 2.99. The third-order valence-corrected chi connectivity index (χ3v) is 4.14. The first-order valence-corrected chi connectivity index (χ1v) is 8.17. The Morgan fingerprint density at radius 3 is 2.56 bits per heavy atom. The molecular weight excluding hydrogens is 320 g/mol. The average Bonchev–Trinajstić information content (AvgIpc) is 2.53. The van der Waals surface area contributed by atoms with E-state index in [0.29, 0.717) is 0 Å². The zero-order chi connectivity index (χ0) is 18.6. The molecule has 0 spiro atoms. The van der Waals surface area contributed by atoms with E-state index in [0.717, 1.165) is 11.1 Å². The molecule has 0 aromatic heterocycles. The molecule has 0 unspecified atom stereocenters. The Hall–Kier alpha value is -2.63. The van der Waals surface area contributed by atoms with Crippen molar-refractivity contribution in [3.63, 3.8) is 0 Å². The van der Waals surface area contributed by atoms with Gasteiger partial charge in [0.2, 0.25) is 11.8 Å². The minimum atomic E-state index is -0.727. The molecule has 0 aliphatic carbocycles. The molecule has 0 radical (unpaired) electrons. The van der Waals surface area contributed by atoms with Gasteiger partial charge in [-0.15, -0.1) is 0 Å². The molecule has 6 heteroatoms. The number of carbonyl (C=O) groups excluding carboxylic acids is 3. The molecule has 1 aromatic rings. The van der Waals surface area contributed by atoms with Gasteiger partial charge in [-0.1, -0.05) is 24.3 Å². The van der Waals surface area contributed by atoms with Gasteiger partial charge in [-0.25, -0.2) is 0 Å². The first-order valence-electron chi connectivity index (χ1n) is 8.17. The van der Waals surface area contributed by atoms with Crippen LogP contribution in [0.2, 0.25) is 0 Å². The fraction of sp³-hybridized carbons (Fsp3) is 0.421. The summed E-state index contributed by atoms with van der Waals surface area (Å²) < 4.78 is 4.66. The summed E-state index contributed by atoms with van der Waals surface area (Å²) in [7, 11) is 1.32. The summed E-state index contributed by atoms with van der Waals surface area (Å²) in [4.78, 5) is 37.5. The van der Waals surface area contributed by atoms with Gasteiger partial charge in [0.15, 0.2) is 0 Å². The first kappa shape index (κ1) is 18.7. The second-order valence-corrected chi connectivity index (χ2v) is 6.78. The summed E-state index contributed by atoms with van der Waals surface area (Å²) in [5.41, 5.74) is 1.20. The number of hydrogen-bond acceptors (Lipinski definition) is 4. The molecular formula is C19H24N2O4. The molecule has 1 aliphatic rings. The van der Waals surface area contributed by atoms with Crippen LogP contribution >= 0.6 is 0 Å². The summed E-state index contributed by atoms with van der Waals surface area (Å²) in [5, 5.41) is 2.86. The zero-order valence-electron chi connectivity index (χ0n) is 15.0. The van der Waals surface area contributed by atoms with Crippen LogP contribution in [0, 0.1) is 0 Å². The van der Waals surface area contributed by atoms with Crippen molar-refractivity contribution in [2.45, 2.75) is 45.2 Å². The number of hydrogen-bond donors (Lipinski definition) is 1. The van der Waals surface area contributed by atoms with Crippen molar-refractivity contribution in [1.82, 2.24) is 10.2 Å². The van der Waals surface area contributed by atoms with Crippen LogP contribution in [0.4, 0.5) is 0 Å². The molecule has 1 atom stereocenters. The van der Waals surface area contributed by atoms with E-state index in [-0.39, 0.29) is 36.7 Å². The van der Waals surface area contributed by atoms with Crippen molar-refractivity contribution in [1.29, 1.82) is 0 Å². The minimum Gasteiger partial charge on any atom is -0.469 e. The van der Waals surface area contributed by atoms with Crippen molar-refractivity contribution >= 4 is 23.9 Å². The second kappa shape index (κ2) is 7.51. The van der Waals surface area contributed by atoms with Gasteiger partial charge in [0.05, 0.1) is 26.0 Å². The summed E-state index contributed by atoms with van der Waals surface area (Å²) in [5.74, 6) is -0.741. The monoisotopic (exact) mass is 344 g/mol. The lowest BCUT2D eigenvalue weighted by atomic mass is 9.93. The van der Waals surface area contributed by atoms with Crippen molar-refractivity contribution in [3.05, 3.63) is 41.6 Å². The zero-order valence-corrected chi connectivity index (χ0v) is 15.0. The summed E-state index contributed by atoms with van der Waals surface area (Å²) in [6.07, 6.45) is 3.77. The normalized spacial score (nSPS) is 16.2. The Labute approximate surface area is 147 Å². The van der Waals surface area contributed by atoms with Crippen molar-refractivity contribution < 1.29 is 19.1 Å².